The summed E-state index contributed by atoms with van der Waals surface area (Å²) in [6.45, 7) is 8.87. The maximum Gasteiger partial charge on any atom is 0.123 e. The molecule has 0 bridgehead atoms. The fourth-order valence-electron chi connectivity index (χ4n) is 2.10. The Hall–Kier alpha value is -0.930. The van der Waals surface area contributed by atoms with E-state index in [9.17, 15) is 4.39 Å². The van der Waals surface area contributed by atoms with Gasteiger partial charge in [0.05, 0.1) is 6.61 Å². The van der Waals surface area contributed by atoms with Crippen molar-refractivity contribution < 1.29 is 9.13 Å². The van der Waals surface area contributed by atoms with Crippen molar-refractivity contribution in [2.75, 3.05) is 19.8 Å². The predicted octanol–water partition coefficient (Wildman–Crippen LogP) is 3.72. The average molecular weight is 279 g/mol. The van der Waals surface area contributed by atoms with Gasteiger partial charge in [-0.25, -0.2) is 4.39 Å². The van der Waals surface area contributed by atoms with Crippen LogP contribution >= 0.6 is 0 Å². The molecular weight excluding hydrogens is 253 g/mol. The molecule has 1 fully saturated rings. The molecule has 0 spiro atoms. The molecule has 1 aliphatic rings. The Morgan fingerprint density at radius 3 is 2.45 bits per heavy atom. The molecule has 0 aliphatic heterocycles. The van der Waals surface area contributed by atoms with Crippen molar-refractivity contribution >= 4 is 0 Å². The molecule has 3 heteroatoms. The number of rotatable bonds is 7. The van der Waals surface area contributed by atoms with Crippen molar-refractivity contribution in [2.45, 2.75) is 45.1 Å². The molecule has 0 heterocycles. The van der Waals surface area contributed by atoms with E-state index in [0.717, 1.165) is 24.6 Å². The van der Waals surface area contributed by atoms with Gasteiger partial charge >= 0.3 is 0 Å². The van der Waals surface area contributed by atoms with Gasteiger partial charge in [0.2, 0.25) is 0 Å². The van der Waals surface area contributed by atoms with Crippen molar-refractivity contribution in [3.8, 4) is 0 Å². The number of hydrogen-bond acceptors (Lipinski definition) is 2. The smallest absolute Gasteiger partial charge is 0.123 e. The van der Waals surface area contributed by atoms with E-state index in [0.29, 0.717) is 6.61 Å². The summed E-state index contributed by atoms with van der Waals surface area (Å²) in [4.78, 5) is 0. The second-order valence-corrected chi connectivity index (χ2v) is 6.86. The molecule has 112 valence electrons. The number of halogens is 1. The molecule has 0 amide bonds. The van der Waals surface area contributed by atoms with Gasteiger partial charge in [0.1, 0.15) is 5.82 Å². The lowest BCUT2D eigenvalue weighted by Gasteiger charge is -2.25. The first-order valence-corrected chi connectivity index (χ1v) is 7.52. The van der Waals surface area contributed by atoms with Crippen molar-refractivity contribution in [1.29, 1.82) is 0 Å². The first kappa shape index (κ1) is 15.5. The zero-order chi connectivity index (χ0) is 14.6. The van der Waals surface area contributed by atoms with E-state index in [2.05, 4.69) is 26.1 Å². The molecular formula is C17H26FNO. The summed E-state index contributed by atoms with van der Waals surface area (Å²) in [5.74, 6) is 0.864. The van der Waals surface area contributed by atoms with E-state index in [1.165, 1.54) is 25.0 Å². The predicted molar refractivity (Wildman–Crippen MR) is 80.4 cm³/mol. The van der Waals surface area contributed by atoms with Crippen LogP contribution < -0.4 is 5.32 Å². The first-order chi connectivity index (χ1) is 9.44. The zero-order valence-corrected chi connectivity index (χ0v) is 12.8. The van der Waals surface area contributed by atoms with E-state index >= 15 is 0 Å². The Bertz CT molecular complexity index is 406. The second-order valence-electron chi connectivity index (χ2n) is 6.86. The van der Waals surface area contributed by atoms with Crippen molar-refractivity contribution in [1.82, 2.24) is 5.32 Å². The Morgan fingerprint density at radius 2 is 1.90 bits per heavy atom. The minimum atomic E-state index is -0.185. The minimum absolute atomic E-state index is 0.0781. The van der Waals surface area contributed by atoms with Crippen molar-refractivity contribution in [3.63, 3.8) is 0 Å². The molecule has 1 aromatic carbocycles. The highest BCUT2D eigenvalue weighted by atomic mass is 19.1. The number of nitrogens with one attached hydrogen (secondary N) is 1. The Balaban J connectivity index is 1.92. The number of hydrogen-bond donors (Lipinski definition) is 1. The third kappa shape index (κ3) is 5.59. The molecule has 2 rings (SSSR count). The van der Waals surface area contributed by atoms with Crippen LogP contribution in [0, 0.1) is 11.7 Å². The minimum Gasteiger partial charge on any atom is -0.380 e. The Labute approximate surface area is 121 Å². The standard InChI is InChI=1S/C17H26FNO/c1-17(2,3)19-10-15(12-20-11-13-4-5-13)14-6-8-16(18)9-7-14/h6-9,13,15,19H,4-5,10-12H2,1-3H3. The lowest BCUT2D eigenvalue weighted by molar-refractivity contribution is 0.108. The van der Waals surface area contributed by atoms with Crippen LogP contribution in [-0.2, 0) is 4.74 Å². The zero-order valence-electron chi connectivity index (χ0n) is 12.8. The molecule has 1 N–H and O–H groups in total. The summed E-state index contributed by atoms with van der Waals surface area (Å²) in [5, 5.41) is 3.52. The molecule has 1 unspecified atom stereocenters. The van der Waals surface area contributed by atoms with Gasteiger partial charge in [0.25, 0.3) is 0 Å². The maximum absolute atomic E-state index is 13.0. The second kappa shape index (κ2) is 6.68. The van der Waals surface area contributed by atoms with Crippen LogP contribution in [0.1, 0.15) is 45.1 Å². The summed E-state index contributed by atoms with van der Waals surface area (Å²) >= 11 is 0. The molecule has 20 heavy (non-hydrogen) atoms. The maximum atomic E-state index is 13.0. The molecule has 1 aliphatic carbocycles. The normalized spacial score (nSPS) is 17.2. The molecule has 0 radical (unpaired) electrons. The van der Waals surface area contributed by atoms with Crippen LogP contribution in [0.15, 0.2) is 24.3 Å². The lowest BCUT2D eigenvalue weighted by Crippen LogP contribution is -2.39. The van der Waals surface area contributed by atoms with Crippen LogP contribution in [0.5, 0.6) is 0 Å². The summed E-state index contributed by atoms with van der Waals surface area (Å²) < 4.78 is 18.9. The van der Waals surface area contributed by atoms with Gasteiger partial charge in [0.15, 0.2) is 0 Å². The van der Waals surface area contributed by atoms with Gasteiger partial charge in [-0.15, -0.1) is 0 Å². The fraction of sp³-hybridized carbons (Fsp3) is 0.647. The number of ether oxygens (including phenoxy) is 1. The van der Waals surface area contributed by atoms with Gasteiger partial charge in [-0.2, -0.15) is 0 Å². The van der Waals surface area contributed by atoms with Crippen molar-refractivity contribution in [3.05, 3.63) is 35.6 Å². The molecule has 0 saturated heterocycles. The average Bonchev–Trinajstić information content (AvgIpc) is 3.18. The van der Waals surface area contributed by atoms with Gasteiger partial charge in [-0.05, 0) is 57.2 Å². The molecule has 1 aromatic rings. The fourth-order valence-corrected chi connectivity index (χ4v) is 2.10. The summed E-state index contributed by atoms with van der Waals surface area (Å²) in [5.41, 5.74) is 1.22. The van der Waals surface area contributed by atoms with E-state index in [1.807, 2.05) is 12.1 Å². The topological polar surface area (TPSA) is 21.3 Å². The monoisotopic (exact) mass is 279 g/mol. The van der Waals surface area contributed by atoms with Crippen LogP contribution in [0.3, 0.4) is 0 Å². The quantitative estimate of drug-likeness (QED) is 0.821. The molecule has 2 nitrogen and oxygen atoms in total. The van der Waals surface area contributed by atoms with Gasteiger partial charge in [-0.3, -0.25) is 0 Å². The number of benzene rings is 1. The third-order valence-electron chi connectivity index (χ3n) is 3.59. The molecule has 1 saturated carbocycles. The van der Waals surface area contributed by atoms with E-state index < -0.39 is 0 Å². The van der Waals surface area contributed by atoms with Crippen molar-refractivity contribution in [2.24, 2.45) is 5.92 Å². The van der Waals surface area contributed by atoms with E-state index in [1.54, 1.807) is 0 Å². The molecule has 0 aromatic heterocycles. The Kier molecular flexibility index (Phi) is 5.17. The van der Waals surface area contributed by atoms with Crippen LogP contribution in [0.2, 0.25) is 0 Å². The van der Waals surface area contributed by atoms with Crippen LogP contribution in [0.25, 0.3) is 0 Å². The highest BCUT2D eigenvalue weighted by Crippen LogP contribution is 2.29. The SMILES string of the molecule is CC(C)(C)NCC(COCC1CC1)c1ccc(F)cc1. The highest BCUT2D eigenvalue weighted by molar-refractivity contribution is 5.21. The van der Waals surface area contributed by atoms with Gasteiger partial charge in [0, 0.05) is 24.6 Å². The summed E-state index contributed by atoms with van der Waals surface area (Å²) in [7, 11) is 0. The summed E-state index contributed by atoms with van der Waals surface area (Å²) in [6.07, 6.45) is 2.61. The largest absolute Gasteiger partial charge is 0.380 e. The van der Waals surface area contributed by atoms with Gasteiger partial charge < -0.3 is 10.1 Å². The lowest BCUT2D eigenvalue weighted by atomic mass is 9.98. The van der Waals surface area contributed by atoms with Crippen LogP contribution in [-0.4, -0.2) is 25.3 Å². The highest BCUT2D eigenvalue weighted by Gasteiger charge is 2.22. The third-order valence-corrected chi connectivity index (χ3v) is 3.59. The first-order valence-electron chi connectivity index (χ1n) is 7.52. The molecule has 1 atom stereocenters. The van der Waals surface area contributed by atoms with Crippen LogP contribution in [0.4, 0.5) is 4.39 Å². The Morgan fingerprint density at radius 1 is 1.25 bits per heavy atom. The van der Waals surface area contributed by atoms with Gasteiger partial charge in [-0.1, -0.05) is 12.1 Å². The van der Waals surface area contributed by atoms with E-state index in [4.69, 9.17) is 4.74 Å². The summed E-state index contributed by atoms with van der Waals surface area (Å²) in [6, 6.07) is 6.79. The van der Waals surface area contributed by atoms with E-state index in [-0.39, 0.29) is 17.3 Å².